The van der Waals surface area contributed by atoms with E-state index in [4.69, 9.17) is 0 Å². The molecular formula is C16H31N3O2. The molecule has 2 rings (SSSR count). The number of nitrogens with one attached hydrogen (secondary N) is 1. The molecule has 0 spiro atoms. The smallest absolute Gasteiger partial charge is 0.323 e. The number of hydrogen-bond donors (Lipinski definition) is 2. The minimum Gasteiger partial charge on any atom is -0.480 e. The van der Waals surface area contributed by atoms with E-state index in [0.29, 0.717) is 25.0 Å². The lowest BCUT2D eigenvalue weighted by molar-refractivity contribution is -0.145. The van der Waals surface area contributed by atoms with Gasteiger partial charge in [-0.1, -0.05) is 6.92 Å². The summed E-state index contributed by atoms with van der Waals surface area (Å²) in [5.41, 5.74) is -0.820. The summed E-state index contributed by atoms with van der Waals surface area (Å²) in [6.45, 7) is 11.3. The summed E-state index contributed by atoms with van der Waals surface area (Å²) < 4.78 is 0. The largest absolute Gasteiger partial charge is 0.480 e. The minimum atomic E-state index is -0.820. The van der Waals surface area contributed by atoms with Crippen LogP contribution in [-0.4, -0.2) is 71.2 Å². The van der Waals surface area contributed by atoms with E-state index >= 15 is 0 Å². The molecular weight excluding hydrogens is 266 g/mol. The number of carboxylic acid groups (broad SMARTS) is 1. The fraction of sp³-hybridized carbons (Fsp3) is 0.938. The van der Waals surface area contributed by atoms with Crippen molar-refractivity contribution in [1.29, 1.82) is 0 Å². The third-order valence-corrected chi connectivity index (χ3v) is 5.22. The Morgan fingerprint density at radius 1 is 1.38 bits per heavy atom. The van der Waals surface area contributed by atoms with Crippen molar-refractivity contribution >= 4 is 5.97 Å². The van der Waals surface area contributed by atoms with Crippen molar-refractivity contribution in [2.75, 3.05) is 32.7 Å². The van der Waals surface area contributed by atoms with Crippen LogP contribution in [0.2, 0.25) is 0 Å². The Hall–Kier alpha value is -0.650. The molecule has 3 unspecified atom stereocenters. The normalized spacial score (nSPS) is 28.6. The molecule has 0 aromatic rings. The summed E-state index contributed by atoms with van der Waals surface area (Å²) in [4.78, 5) is 16.6. The summed E-state index contributed by atoms with van der Waals surface area (Å²) in [6, 6.07) is 0.989. The highest BCUT2D eigenvalue weighted by atomic mass is 16.4. The molecule has 2 heterocycles. The van der Waals surface area contributed by atoms with Gasteiger partial charge >= 0.3 is 5.97 Å². The molecule has 2 saturated heterocycles. The lowest BCUT2D eigenvalue weighted by Gasteiger charge is -2.33. The average Bonchev–Trinajstić information content (AvgIpc) is 3.09. The number of rotatable bonds is 7. The summed E-state index contributed by atoms with van der Waals surface area (Å²) >= 11 is 0. The Morgan fingerprint density at radius 2 is 2.05 bits per heavy atom. The quantitative estimate of drug-likeness (QED) is 0.744. The topological polar surface area (TPSA) is 55.8 Å². The Morgan fingerprint density at radius 3 is 2.62 bits per heavy atom. The van der Waals surface area contributed by atoms with Gasteiger partial charge in [0.15, 0.2) is 0 Å². The van der Waals surface area contributed by atoms with E-state index in [1.54, 1.807) is 0 Å². The van der Waals surface area contributed by atoms with Crippen LogP contribution >= 0.6 is 0 Å². The van der Waals surface area contributed by atoms with Gasteiger partial charge in [-0.15, -0.1) is 0 Å². The van der Waals surface area contributed by atoms with Gasteiger partial charge in [0.05, 0.1) is 0 Å². The van der Waals surface area contributed by atoms with E-state index in [2.05, 4.69) is 22.0 Å². The molecule has 3 atom stereocenters. The van der Waals surface area contributed by atoms with Crippen LogP contribution in [-0.2, 0) is 4.79 Å². The van der Waals surface area contributed by atoms with Crippen molar-refractivity contribution in [3.8, 4) is 0 Å². The third-order valence-electron chi connectivity index (χ3n) is 5.22. The molecule has 0 saturated carbocycles. The van der Waals surface area contributed by atoms with Gasteiger partial charge in [0.1, 0.15) is 5.54 Å². The van der Waals surface area contributed by atoms with E-state index in [9.17, 15) is 9.90 Å². The van der Waals surface area contributed by atoms with Crippen LogP contribution in [0, 0.1) is 0 Å². The van der Waals surface area contributed by atoms with Gasteiger partial charge in [0, 0.05) is 25.2 Å². The molecule has 5 nitrogen and oxygen atoms in total. The van der Waals surface area contributed by atoms with E-state index < -0.39 is 11.5 Å². The first kappa shape index (κ1) is 16.7. The predicted octanol–water partition coefficient (Wildman–Crippen LogP) is 1.39. The second-order valence-electron chi connectivity index (χ2n) is 6.90. The zero-order valence-corrected chi connectivity index (χ0v) is 13.8. The number of aliphatic carboxylic acids is 1. The van der Waals surface area contributed by atoms with Crippen LogP contribution in [0.15, 0.2) is 0 Å². The summed E-state index contributed by atoms with van der Waals surface area (Å²) in [7, 11) is 0. The predicted molar refractivity (Wildman–Crippen MR) is 84.6 cm³/mol. The molecule has 0 aromatic carbocycles. The molecule has 2 aliphatic heterocycles. The second-order valence-corrected chi connectivity index (χ2v) is 6.90. The van der Waals surface area contributed by atoms with Gasteiger partial charge in [-0.05, 0) is 59.2 Å². The van der Waals surface area contributed by atoms with E-state index in [-0.39, 0.29) is 0 Å². The van der Waals surface area contributed by atoms with E-state index in [1.807, 2.05) is 13.8 Å². The molecule has 2 fully saturated rings. The van der Waals surface area contributed by atoms with Crippen molar-refractivity contribution in [3.63, 3.8) is 0 Å². The van der Waals surface area contributed by atoms with Gasteiger partial charge in [-0.25, -0.2) is 0 Å². The molecule has 0 bridgehead atoms. The summed E-state index contributed by atoms with van der Waals surface area (Å²) in [6.07, 6.45) is 4.56. The molecule has 0 radical (unpaired) electrons. The van der Waals surface area contributed by atoms with Crippen LogP contribution in [0.5, 0.6) is 0 Å². The Balaban J connectivity index is 1.88. The molecule has 2 N–H and O–H groups in total. The first-order chi connectivity index (χ1) is 9.96. The SMILES string of the molecule is CCNC(C)(CC(C)N1CCC(N2CCCC2)C1)C(=O)O. The molecule has 5 heteroatoms. The van der Waals surface area contributed by atoms with Gasteiger partial charge in [-0.2, -0.15) is 0 Å². The van der Waals surface area contributed by atoms with Crippen LogP contribution in [0.4, 0.5) is 0 Å². The maximum atomic E-state index is 11.5. The van der Waals surface area contributed by atoms with Crippen molar-refractivity contribution in [3.05, 3.63) is 0 Å². The average molecular weight is 297 g/mol. The monoisotopic (exact) mass is 297 g/mol. The standard InChI is InChI=1S/C16H31N3O2/c1-4-17-16(3,15(20)21)11-13(2)19-10-7-14(12-19)18-8-5-6-9-18/h13-14,17H,4-12H2,1-3H3,(H,20,21). The maximum Gasteiger partial charge on any atom is 0.323 e. The Kier molecular flexibility index (Phi) is 5.63. The molecule has 21 heavy (non-hydrogen) atoms. The van der Waals surface area contributed by atoms with E-state index in [0.717, 1.165) is 13.1 Å². The molecule has 122 valence electrons. The first-order valence-electron chi connectivity index (χ1n) is 8.43. The third kappa shape index (κ3) is 3.96. The number of likely N-dealkylation sites (N-methyl/N-ethyl adjacent to an activating group) is 1. The van der Waals surface area contributed by atoms with Gasteiger partial charge < -0.3 is 10.4 Å². The van der Waals surface area contributed by atoms with Crippen molar-refractivity contribution in [2.24, 2.45) is 0 Å². The number of nitrogens with zero attached hydrogens (tertiary/aromatic N) is 2. The maximum absolute atomic E-state index is 11.5. The number of carboxylic acids is 1. The highest BCUT2D eigenvalue weighted by Gasteiger charge is 2.38. The van der Waals surface area contributed by atoms with E-state index in [1.165, 1.54) is 32.4 Å². The lowest BCUT2D eigenvalue weighted by Crippen LogP contribution is -2.53. The highest BCUT2D eigenvalue weighted by molar-refractivity contribution is 5.78. The van der Waals surface area contributed by atoms with Crippen molar-refractivity contribution in [2.45, 2.75) is 64.1 Å². The number of carbonyl (C=O) groups is 1. The second kappa shape index (κ2) is 7.07. The van der Waals surface area contributed by atoms with Gasteiger partial charge in [0.2, 0.25) is 0 Å². The van der Waals surface area contributed by atoms with Crippen molar-refractivity contribution < 1.29 is 9.90 Å². The van der Waals surface area contributed by atoms with Gasteiger partial charge in [0.25, 0.3) is 0 Å². The summed E-state index contributed by atoms with van der Waals surface area (Å²) in [5.74, 6) is -0.744. The zero-order chi connectivity index (χ0) is 15.5. The summed E-state index contributed by atoms with van der Waals surface area (Å²) in [5, 5.41) is 12.6. The lowest BCUT2D eigenvalue weighted by atomic mass is 9.93. The minimum absolute atomic E-state index is 0.303. The molecule has 0 aromatic heterocycles. The van der Waals surface area contributed by atoms with Crippen LogP contribution < -0.4 is 5.32 Å². The molecule has 0 aliphatic carbocycles. The molecule has 2 aliphatic rings. The number of hydrogen-bond acceptors (Lipinski definition) is 4. The highest BCUT2D eigenvalue weighted by Crippen LogP contribution is 2.25. The van der Waals surface area contributed by atoms with Crippen molar-refractivity contribution in [1.82, 2.24) is 15.1 Å². The molecule has 0 amide bonds. The number of likely N-dealkylation sites (tertiary alicyclic amines) is 2. The fourth-order valence-electron chi connectivity index (χ4n) is 3.92. The Labute approximate surface area is 128 Å². The van der Waals surface area contributed by atoms with Gasteiger partial charge in [-0.3, -0.25) is 14.6 Å². The van der Waals surface area contributed by atoms with Crippen LogP contribution in [0.1, 0.15) is 46.5 Å². The fourth-order valence-corrected chi connectivity index (χ4v) is 3.92. The first-order valence-corrected chi connectivity index (χ1v) is 8.43. The zero-order valence-electron chi connectivity index (χ0n) is 13.8. The van der Waals surface area contributed by atoms with Crippen LogP contribution in [0.25, 0.3) is 0 Å². The Bertz CT molecular complexity index is 357. The van der Waals surface area contributed by atoms with Crippen LogP contribution in [0.3, 0.4) is 0 Å².